The van der Waals surface area contributed by atoms with Crippen LogP contribution in [0.15, 0.2) is 582 Å². The lowest BCUT2D eigenvalue weighted by Crippen LogP contribution is -2.28. The average Bonchev–Trinajstić information content (AvgIpc) is 1.55. The monoisotopic (exact) mass is 1950 g/mol. The number of benzene rings is 22. The summed E-state index contributed by atoms with van der Waals surface area (Å²) < 4.78 is 1.10. The molecule has 0 spiro atoms. The van der Waals surface area contributed by atoms with Crippen molar-refractivity contribution in [2.75, 3.05) is 20.4 Å². The zero-order valence-corrected chi connectivity index (χ0v) is 82.3. The van der Waals surface area contributed by atoms with E-state index in [2.05, 4.69) is 578 Å². The number of halogens is 1. The molecule has 0 saturated heterocycles. The molecule has 2 N–H and O–H groups in total. The predicted octanol–water partition coefficient (Wildman–Crippen LogP) is 38.6. The summed E-state index contributed by atoms with van der Waals surface area (Å²) in [5, 5.41) is 6.82. The number of hydrogen-bond acceptors (Lipinski definition) is 4. The Hall–Kier alpha value is -18.3. The van der Waals surface area contributed by atoms with Gasteiger partial charge in [0.2, 0.25) is 0 Å². The summed E-state index contributed by atoms with van der Waals surface area (Å²) in [6.07, 6.45) is 5.74. The zero-order valence-electron chi connectivity index (χ0n) is 80.7. The topological polar surface area (TPSA) is 30.5 Å². The third kappa shape index (κ3) is 17.7. The lowest BCUT2D eigenvalue weighted by Gasteiger charge is -2.35. The highest BCUT2D eigenvalue weighted by Gasteiger charge is 2.50. The summed E-state index contributed by atoms with van der Waals surface area (Å²) in [6.45, 7) is 12.1. The smallest absolute Gasteiger partial charge is 0.0714 e. The van der Waals surface area contributed by atoms with E-state index >= 15 is 0 Å². The third-order valence-corrected chi connectivity index (χ3v) is 29.7. The molecule has 0 saturated carbocycles. The number of anilines is 10. The van der Waals surface area contributed by atoms with Crippen LogP contribution >= 0.6 is 15.9 Å². The van der Waals surface area contributed by atoms with Crippen LogP contribution in [-0.4, -0.2) is 0 Å². The van der Waals surface area contributed by atoms with Gasteiger partial charge in [-0.1, -0.05) is 486 Å². The van der Waals surface area contributed by atoms with Crippen LogP contribution < -0.4 is 20.4 Å². The molecule has 3 aliphatic carbocycles. The van der Waals surface area contributed by atoms with Gasteiger partial charge < -0.3 is 20.4 Å². The lowest BCUT2D eigenvalue weighted by atomic mass is 9.67. The van der Waals surface area contributed by atoms with Gasteiger partial charge in [-0.25, -0.2) is 0 Å². The summed E-state index contributed by atoms with van der Waals surface area (Å²) in [5.74, 6) is 0. The number of para-hydroxylation sites is 2. The first-order valence-electron chi connectivity index (χ1n) is 49.8. The van der Waals surface area contributed by atoms with E-state index in [9.17, 15) is 0 Å². The van der Waals surface area contributed by atoms with Crippen molar-refractivity contribution in [3.05, 3.63) is 666 Å². The van der Waals surface area contributed by atoms with Gasteiger partial charge in [-0.2, -0.15) is 0 Å². The molecule has 0 fully saturated rings. The molecular formula is C142H107BrN4. The molecule has 25 rings (SSSR count). The number of nitrogens with zero attached hydrogens (tertiary/aromatic N) is 2. The molecular weight excluding hydrogens is 1840 g/mol. The van der Waals surface area contributed by atoms with Gasteiger partial charge in [0.15, 0.2) is 0 Å². The Morgan fingerprint density at radius 3 is 0.660 bits per heavy atom. The Morgan fingerprint density at radius 1 is 0.177 bits per heavy atom. The quantitative estimate of drug-likeness (QED) is 0.0668. The molecule has 702 valence electrons. The standard InChI is InChI=1S/C90H64N2.C27H19Br.C24H20N2.CH4/c1-3-63-33-45-73(46-34-63)89(71-25-13-7-14-26-71)85-31-19-17-29-81(85)83-59-57-79(61-87(83)89)91(75-49-37-67(38-50-75)65-21-9-5-10-22-65)77-53-41-69(42-54-77)70-43-55-78(56-44-70)92(76-51-39-68(40-52-76)66-23-11-6-12-24-66)80-58-60-84-82-30-18-20-32-86(82)90(88(84)62-80,72-27-15-8-16-28-72)74-47-35-64(4-2)36-48-74;1-2-19-12-14-21(15-13-19)27(20-8-4-3-5-9-20)25-11-7-6-10-23(25)24-17-16-22(28)18-26(24)27;1-3-7-21(8-4-1)25-23-15-11-19(12-16-23)20-13-17-24(18-14-20)26-22-9-5-2-6-10-22;/h3-62H,1-2H2;2-18H,1H2;1-18,25-26H;1H4. The van der Waals surface area contributed by atoms with E-state index in [1.807, 2.05) is 54.6 Å². The summed E-state index contributed by atoms with van der Waals surface area (Å²) in [7, 11) is 0. The molecule has 5 heteroatoms. The summed E-state index contributed by atoms with van der Waals surface area (Å²) >= 11 is 3.72. The van der Waals surface area contributed by atoms with Crippen molar-refractivity contribution in [1.82, 2.24) is 0 Å². The average molecular weight is 1950 g/mol. The second-order valence-corrected chi connectivity index (χ2v) is 38.3. The molecule has 0 heterocycles. The molecule has 0 radical (unpaired) electrons. The van der Waals surface area contributed by atoms with Gasteiger partial charge >= 0.3 is 0 Å². The maximum Gasteiger partial charge on any atom is 0.0714 e. The van der Waals surface area contributed by atoms with E-state index in [-0.39, 0.29) is 12.8 Å². The molecule has 147 heavy (non-hydrogen) atoms. The SMILES string of the molecule is C.C=Cc1ccc(C2(c3ccccc3)c3ccccc3-c3ccc(Br)cc32)cc1.C=Cc1ccc(C2(c3ccccc3)c3ccccc3-c3ccc(N(c4ccc(-c5ccccc5)cc4)c4ccc(-c5ccc(N(c6ccc(-c7ccccc7)cc6)c6ccc7c(c6)C(c6ccccc6)(c6ccc(C=C)cc6)c6ccccc6-7)cc5)cc4)cc32)cc1.c1ccc(Nc2ccc(-c3ccc(Nc4ccccc4)cc3)cc2)cc1. The molecule has 3 aliphatic rings. The van der Waals surface area contributed by atoms with E-state index in [0.29, 0.717) is 0 Å². The van der Waals surface area contributed by atoms with Crippen molar-refractivity contribution in [1.29, 1.82) is 0 Å². The molecule has 0 aromatic heterocycles. The molecule has 3 atom stereocenters. The van der Waals surface area contributed by atoms with Crippen molar-refractivity contribution in [3.63, 3.8) is 0 Å². The van der Waals surface area contributed by atoms with E-state index in [1.54, 1.807) is 0 Å². The minimum atomic E-state index is -0.583. The van der Waals surface area contributed by atoms with Gasteiger partial charge in [0.1, 0.15) is 0 Å². The minimum absolute atomic E-state index is 0. The largest absolute Gasteiger partial charge is 0.356 e. The van der Waals surface area contributed by atoms with Crippen LogP contribution in [-0.2, 0) is 16.2 Å². The highest BCUT2D eigenvalue weighted by molar-refractivity contribution is 9.10. The minimum Gasteiger partial charge on any atom is -0.356 e. The van der Waals surface area contributed by atoms with E-state index in [4.69, 9.17) is 0 Å². The molecule has 3 unspecified atom stereocenters. The molecule has 0 aliphatic heterocycles. The van der Waals surface area contributed by atoms with Gasteiger partial charge in [0.25, 0.3) is 0 Å². The molecule has 22 aromatic carbocycles. The fourth-order valence-electron chi connectivity index (χ4n) is 22.3. The van der Waals surface area contributed by atoms with Gasteiger partial charge in [-0.3, -0.25) is 0 Å². The number of nitrogens with one attached hydrogen (secondary N) is 2. The van der Waals surface area contributed by atoms with Crippen molar-refractivity contribution in [2.24, 2.45) is 0 Å². The molecule has 0 amide bonds. The Balaban J connectivity index is 0.000000179. The lowest BCUT2D eigenvalue weighted by molar-refractivity contribution is 0.768. The second kappa shape index (κ2) is 41.4. The van der Waals surface area contributed by atoms with Crippen molar-refractivity contribution in [3.8, 4) is 77.9 Å². The van der Waals surface area contributed by atoms with Crippen LogP contribution in [0.3, 0.4) is 0 Å². The first-order valence-corrected chi connectivity index (χ1v) is 50.6. The predicted molar refractivity (Wildman–Crippen MR) is 627 cm³/mol. The highest BCUT2D eigenvalue weighted by atomic mass is 79.9. The normalized spacial score (nSPS) is 14.4. The molecule has 22 aromatic rings. The Kier molecular flexibility index (Phi) is 26.4. The van der Waals surface area contributed by atoms with Gasteiger partial charge in [0.05, 0.1) is 16.2 Å². The summed E-state index contributed by atoms with van der Waals surface area (Å²) in [4.78, 5) is 4.83. The second-order valence-electron chi connectivity index (χ2n) is 37.3. The highest BCUT2D eigenvalue weighted by Crippen LogP contribution is 2.62. The molecule has 4 nitrogen and oxygen atoms in total. The Morgan fingerprint density at radius 2 is 0.381 bits per heavy atom. The van der Waals surface area contributed by atoms with Gasteiger partial charge in [0, 0.05) is 61.3 Å². The Labute approximate surface area is 872 Å². The summed E-state index contributed by atoms with van der Waals surface area (Å²) in [5.41, 5.74) is 44.6. The first kappa shape index (κ1) is 93.7. The van der Waals surface area contributed by atoms with Crippen LogP contribution in [0, 0.1) is 0 Å². The van der Waals surface area contributed by atoms with E-state index in [0.717, 1.165) is 89.2 Å². The van der Waals surface area contributed by atoms with Gasteiger partial charge in [-0.15, -0.1) is 0 Å². The maximum absolute atomic E-state index is 4.11. The van der Waals surface area contributed by atoms with Crippen LogP contribution in [0.25, 0.3) is 96.1 Å². The van der Waals surface area contributed by atoms with Crippen LogP contribution in [0.2, 0.25) is 0 Å². The number of fused-ring (bicyclic) bond motifs is 9. The number of rotatable bonds is 23. The zero-order chi connectivity index (χ0) is 98.3. The van der Waals surface area contributed by atoms with Crippen molar-refractivity contribution in [2.45, 2.75) is 23.7 Å². The van der Waals surface area contributed by atoms with Crippen LogP contribution in [0.1, 0.15) is 90.9 Å². The van der Waals surface area contributed by atoms with E-state index in [1.165, 1.54) is 134 Å². The van der Waals surface area contributed by atoms with Crippen LogP contribution in [0.5, 0.6) is 0 Å². The van der Waals surface area contributed by atoms with Crippen molar-refractivity contribution >= 4 is 91.0 Å². The molecule has 0 bridgehead atoms. The van der Waals surface area contributed by atoms with E-state index < -0.39 is 10.8 Å². The maximum atomic E-state index is 4.11. The Bertz CT molecular complexity index is 8020. The van der Waals surface area contributed by atoms with Crippen molar-refractivity contribution < 1.29 is 0 Å². The fraction of sp³-hybridized carbons (Fsp3) is 0.0282. The van der Waals surface area contributed by atoms with Crippen LogP contribution in [0.4, 0.5) is 56.9 Å². The third-order valence-electron chi connectivity index (χ3n) is 29.2. The first-order chi connectivity index (χ1) is 72.1. The van der Waals surface area contributed by atoms with Gasteiger partial charge in [-0.05, 0) is 295 Å². The summed E-state index contributed by atoms with van der Waals surface area (Å²) in [6, 6.07) is 202. The fourth-order valence-corrected chi connectivity index (χ4v) is 22.7. The number of hydrogen-bond donors (Lipinski definition) is 2.